The van der Waals surface area contributed by atoms with Gasteiger partial charge < -0.3 is 25.0 Å². The minimum atomic E-state index is -0.535. The highest BCUT2D eigenvalue weighted by atomic mass is 16.6. The number of nitriles is 1. The van der Waals surface area contributed by atoms with E-state index in [4.69, 9.17) is 25.0 Å². The second-order valence-electron chi connectivity index (χ2n) is 11.1. The van der Waals surface area contributed by atoms with Gasteiger partial charge in [0.05, 0.1) is 24.6 Å². The van der Waals surface area contributed by atoms with E-state index < -0.39 is 5.60 Å². The van der Waals surface area contributed by atoms with Crippen molar-refractivity contribution >= 4 is 23.2 Å². The number of hydrogen-bond acceptors (Lipinski definition) is 10. The highest BCUT2D eigenvalue weighted by Gasteiger charge is 2.28. The summed E-state index contributed by atoms with van der Waals surface area (Å²) >= 11 is 0. The Kier molecular flexibility index (Phi) is 7.79. The van der Waals surface area contributed by atoms with Gasteiger partial charge in [-0.25, -0.2) is 9.78 Å². The van der Waals surface area contributed by atoms with E-state index in [1.165, 1.54) is 6.20 Å². The lowest BCUT2D eigenvalue weighted by molar-refractivity contribution is 0.0207. The quantitative estimate of drug-likeness (QED) is 0.280. The number of nitrogens with two attached hydrogens (primary N) is 1. The zero-order chi connectivity index (χ0) is 29.1. The van der Waals surface area contributed by atoms with Crippen LogP contribution in [0.2, 0.25) is 0 Å². The second-order valence-corrected chi connectivity index (χ2v) is 11.1. The summed E-state index contributed by atoms with van der Waals surface area (Å²) in [6.07, 6.45) is 4.50. The summed E-state index contributed by atoms with van der Waals surface area (Å²) in [5.41, 5.74) is 2.81. The fraction of sp³-hybridized carbons (Fsp3) is 0.448. The van der Waals surface area contributed by atoms with Crippen molar-refractivity contribution in [3.05, 3.63) is 53.6 Å². The third-order valence-corrected chi connectivity index (χ3v) is 6.93. The van der Waals surface area contributed by atoms with E-state index in [0.717, 1.165) is 0 Å². The minimum absolute atomic E-state index is 0.00585. The van der Waals surface area contributed by atoms with Crippen LogP contribution < -0.4 is 15.3 Å². The van der Waals surface area contributed by atoms with E-state index in [-0.39, 0.29) is 18.2 Å². The highest BCUT2D eigenvalue weighted by Crippen LogP contribution is 2.34. The topological polar surface area (TPSA) is 153 Å². The smallest absolute Gasteiger partial charge is 0.410 e. The van der Waals surface area contributed by atoms with Gasteiger partial charge in [-0.3, -0.25) is 14.4 Å². The molecule has 41 heavy (non-hydrogen) atoms. The first kappa shape index (κ1) is 27.9. The number of ether oxygens (including phenoxy) is 3. The number of carbonyl (C=O) groups is 1. The number of carbonyl (C=O) groups excluding carboxylic acids is 1. The summed E-state index contributed by atoms with van der Waals surface area (Å²) in [5.74, 6) is 6.98. The summed E-state index contributed by atoms with van der Waals surface area (Å²) in [4.78, 5) is 28.0. The molecule has 0 radical (unpaired) electrons. The number of nitrogens with zero attached hydrogens (tertiary/aromatic N) is 7. The number of hydrogen-bond donors (Lipinski definition) is 1. The number of amides is 1. The summed E-state index contributed by atoms with van der Waals surface area (Å²) in [6.45, 7) is 9.03. The molecule has 0 aromatic carbocycles. The van der Waals surface area contributed by atoms with Crippen LogP contribution in [0.5, 0.6) is 11.6 Å². The Balaban J connectivity index is 1.39. The Morgan fingerprint density at radius 2 is 2.00 bits per heavy atom. The molecular weight excluding hydrogens is 524 g/mol. The molecule has 0 bridgehead atoms. The van der Waals surface area contributed by atoms with E-state index in [9.17, 15) is 10.1 Å². The van der Waals surface area contributed by atoms with Gasteiger partial charge >= 0.3 is 6.09 Å². The van der Waals surface area contributed by atoms with Crippen LogP contribution in [0.3, 0.4) is 0 Å². The Hall–Kier alpha value is -4.66. The number of piperidine rings is 1. The monoisotopic (exact) mass is 558 g/mol. The summed E-state index contributed by atoms with van der Waals surface area (Å²) in [7, 11) is 0. The van der Waals surface area contributed by atoms with Gasteiger partial charge in [-0.1, -0.05) is 0 Å². The maximum absolute atomic E-state index is 12.4. The lowest BCUT2D eigenvalue weighted by Gasteiger charge is -2.32. The van der Waals surface area contributed by atoms with Crippen LogP contribution in [-0.2, 0) is 4.74 Å². The molecule has 2 aliphatic rings. The third-order valence-electron chi connectivity index (χ3n) is 6.93. The predicted octanol–water partition coefficient (Wildman–Crippen LogP) is 4.03. The zero-order valence-corrected chi connectivity index (χ0v) is 23.7. The van der Waals surface area contributed by atoms with Gasteiger partial charge in [0.25, 0.3) is 0 Å². The third kappa shape index (κ3) is 6.09. The van der Waals surface area contributed by atoms with Crippen molar-refractivity contribution in [2.75, 3.05) is 19.7 Å². The second kappa shape index (κ2) is 11.4. The lowest BCUT2D eigenvalue weighted by atomic mass is 10.0. The van der Waals surface area contributed by atoms with Crippen molar-refractivity contribution in [3.8, 4) is 17.7 Å². The molecule has 12 heteroatoms. The van der Waals surface area contributed by atoms with Gasteiger partial charge in [0.2, 0.25) is 5.88 Å². The fourth-order valence-electron chi connectivity index (χ4n) is 5.04. The molecule has 12 nitrogen and oxygen atoms in total. The van der Waals surface area contributed by atoms with E-state index in [1.54, 1.807) is 27.6 Å². The van der Waals surface area contributed by atoms with Crippen LogP contribution >= 0.6 is 0 Å². The molecular formula is C29H34N8O4. The van der Waals surface area contributed by atoms with Crippen molar-refractivity contribution in [3.63, 3.8) is 0 Å². The predicted molar refractivity (Wildman–Crippen MR) is 152 cm³/mol. The molecule has 1 fully saturated rings. The molecule has 1 atom stereocenters. The number of likely N-dealkylation sites (tertiary alicyclic amines) is 1. The molecule has 1 unspecified atom stereocenters. The first-order chi connectivity index (χ1) is 19.7. The Bertz CT molecular complexity index is 1540. The molecule has 0 spiro atoms. The standard InChI is InChI=1S/C29H34N8O4/c1-18(34-20-7-11-36(12-8-20)28(38)41-29(2,3)4)26(35-31)19-14-24-33-17-21(16-30)37(24)25(15-19)40-23-9-13-39-22-6-5-10-32-27(22)23/h5-6,10,14-15,17,20,23H,7-9,11-13,31H2,1-4H3/b34-18?,35-26+. The largest absolute Gasteiger partial charge is 0.491 e. The Morgan fingerprint density at radius 3 is 2.71 bits per heavy atom. The van der Waals surface area contributed by atoms with Crippen molar-refractivity contribution in [2.24, 2.45) is 15.9 Å². The van der Waals surface area contributed by atoms with Crippen molar-refractivity contribution in [1.29, 1.82) is 5.26 Å². The molecule has 5 heterocycles. The number of imidazole rings is 1. The summed E-state index contributed by atoms with van der Waals surface area (Å²) < 4.78 is 19.4. The molecule has 2 aliphatic heterocycles. The van der Waals surface area contributed by atoms with Gasteiger partial charge in [0, 0.05) is 37.3 Å². The first-order valence-electron chi connectivity index (χ1n) is 13.6. The SMILES string of the molecule is CC(=NC1CCN(C(=O)OC(C)(C)C)CC1)/C(=N\N)c1cc(OC2CCOc3cccnc32)n2c(C#N)cnc2c1. The van der Waals surface area contributed by atoms with Crippen molar-refractivity contribution in [2.45, 2.75) is 64.7 Å². The fourth-order valence-corrected chi connectivity index (χ4v) is 5.04. The molecule has 5 rings (SSSR count). The van der Waals surface area contributed by atoms with Crippen molar-refractivity contribution < 1.29 is 19.0 Å². The summed E-state index contributed by atoms with van der Waals surface area (Å²) in [5, 5.41) is 13.8. The van der Waals surface area contributed by atoms with Crippen LogP contribution in [-0.4, -0.2) is 68.1 Å². The van der Waals surface area contributed by atoms with Crippen LogP contribution in [0.25, 0.3) is 5.65 Å². The molecule has 214 valence electrons. The van der Waals surface area contributed by atoms with Crippen LogP contribution in [0.4, 0.5) is 4.79 Å². The van der Waals surface area contributed by atoms with Gasteiger partial charge in [-0.05, 0) is 58.7 Å². The number of pyridine rings is 2. The van der Waals surface area contributed by atoms with Crippen molar-refractivity contribution in [1.82, 2.24) is 19.3 Å². The molecule has 1 amide bonds. The molecule has 3 aromatic rings. The average molecular weight is 559 g/mol. The molecule has 2 N–H and O–H groups in total. The van der Waals surface area contributed by atoms with Crippen LogP contribution in [0.15, 0.2) is 46.8 Å². The highest BCUT2D eigenvalue weighted by molar-refractivity contribution is 6.47. The first-order valence-corrected chi connectivity index (χ1v) is 13.6. The maximum atomic E-state index is 12.4. The van der Waals surface area contributed by atoms with Gasteiger partial charge in [-0.2, -0.15) is 10.4 Å². The number of rotatable bonds is 5. The van der Waals surface area contributed by atoms with E-state index in [2.05, 4.69) is 21.1 Å². The maximum Gasteiger partial charge on any atom is 0.410 e. The van der Waals surface area contributed by atoms with Crippen LogP contribution in [0.1, 0.15) is 70.0 Å². The Morgan fingerprint density at radius 1 is 1.22 bits per heavy atom. The normalized spacial score (nSPS) is 18.4. The van der Waals surface area contributed by atoms with Crippen LogP contribution in [0, 0.1) is 11.3 Å². The van der Waals surface area contributed by atoms with Gasteiger partial charge in [0.1, 0.15) is 46.3 Å². The van der Waals surface area contributed by atoms with Gasteiger partial charge in [-0.15, -0.1) is 0 Å². The molecule has 0 aliphatic carbocycles. The lowest BCUT2D eigenvalue weighted by Crippen LogP contribution is -2.42. The zero-order valence-electron chi connectivity index (χ0n) is 23.7. The average Bonchev–Trinajstić information content (AvgIpc) is 3.37. The van der Waals surface area contributed by atoms with Gasteiger partial charge in [0.15, 0.2) is 0 Å². The van der Waals surface area contributed by atoms with E-state index >= 15 is 0 Å². The number of fused-ring (bicyclic) bond motifs is 2. The number of hydrazone groups is 1. The molecule has 0 saturated carbocycles. The number of aromatic nitrogens is 3. The Labute approximate surface area is 238 Å². The van der Waals surface area contributed by atoms with E-state index in [0.29, 0.717) is 84.6 Å². The molecule has 1 saturated heterocycles. The molecule has 3 aromatic heterocycles. The number of aliphatic imine (C=N–C) groups is 1. The summed E-state index contributed by atoms with van der Waals surface area (Å²) in [6, 6.07) is 9.46. The minimum Gasteiger partial charge on any atom is -0.491 e. The van der Waals surface area contributed by atoms with E-state index in [1.807, 2.05) is 39.8 Å².